The highest BCUT2D eigenvalue weighted by atomic mass is 16.5. The molecule has 5 heteroatoms. The molecule has 0 aliphatic rings. The fourth-order valence-electron chi connectivity index (χ4n) is 3.77. The molecule has 5 aromatic rings. The van der Waals surface area contributed by atoms with Gasteiger partial charge in [-0.25, -0.2) is 9.67 Å². The van der Waals surface area contributed by atoms with Gasteiger partial charge < -0.3 is 9.15 Å². The highest BCUT2D eigenvalue weighted by Gasteiger charge is 2.14. The number of aromatic nitrogens is 3. The first-order valence-electron chi connectivity index (χ1n) is 10.5. The molecule has 3 aromatic carbocycles. The molecule has 32 heavy (non-hydrogen) atoms. The smallest absolute Gasteiger partial charge is 0.227 e. The van der Waals surface area contributed by atoms with Gasteiger partial charge in [0.05, 0.1) is 17.1 Å². The summed E-state index contributed by atoms with van der Waals surface area (Å²) < 4.78 is 14.2. The molecule has 0 saturated carbocycles. The molecule has 5 rings (SSSR count). The van der Waals surface area contributed by atoms with Gasteiger partial charge in [0.15, 0.2) is 5.76 Å². The Hall–Kier alpha value is -4.12. The topological polar surface area (TPSA) is 53.1 Å². The maximum absolute atomic E-state index is 6.16. The van der Waals surface area contributed by atoms with Crippen molar-refractivity contribution in [2.75, 3.05) is 0 Å². The zero-order valence-electron chi connectivity index (χ0n) is 18.2. The van der Waals surface area contributed by atoms with E-state index >= 15 is 0 Å². The van der Waals surface area contributed by atoms with E-state index in [2.05, 4.69) is 16.1 Å². The molecule has 0 N–H and O–H groups in total. The molecule has 0 unspecified atom stereocenters. The van der Waals surface area contributed by atoms with E-state index in [4.69, 9.17) is 9.15 Å². The fraction of sp³-hybridized carbons (Fsp3) is 0.111. The number of benzene rings is 3. The highest BCUT2D eigenvalue weighted by molar-refractivity contribution is 5.64. The van der Waals surface area contributed by atoms with Gasteiger partial charge in [-0.15, -0.1) is 0 Å². The summed E-state index contributed by atoms with van der Waals surface area (Å²) in [4.78, 5) is 4.64. The summed E-state index contributed by atoms with van der Waals surface area (Å²) in [5.74, 6) is 2.80. The van der Waals surface area contributed by atoms with Crippen molar-refractivity contribution in [2.45, 2.75) is 20.8 Å². The molecular weight excluding hydrogens is 398 g/mol. The minimum Gasteiger partial charge on any atom is -0.457 e. The van der Waals surface area contributed by atoms with Crippen molar-refractivity contribution in [3.63, 3.8) is 0 Å². The molecule has 0 saturated heterocycles. The van der Waals surface area contributed by atoms with Crippen molar-refractivity contribution < 1.29 is 9.15 Å². The van der Waals surface area contributed by atoms with Crippen LogP contribution in [0, 0.1) is 20.8 Å². The Morgan fingerprint density at radius 3 is 2.22 bits per heavy atom. The van der Waals surface area contributed by atoms with Crippen LogP contribution in [-0.4, -0.2) is 14.8 Å². The van der Waals surface area contributed by atoms with Crippen LogP contribution < -0.4 is 4.74 Å². The highest BCUT2D eigenvalue weighted by Crippen LogP contribution is 2.32. The normalized spacial score (nSPS) is 11.0. The van der Waals surface area contributed by atoms with Gasteiger partial charge in [-0.3, -0.25) is 0 Å². The molecule has 0 bridgehead atoms. The first kappa shape index (κ1) is 19.8. The second-order valence-electron chi connectivity index (χ2n) is 7.77. The molecule has 2 heterocycles. The van der Waals surface area contributed by atoms with Gasteiger partial charge in [-0.2, -0.15) is 5.10 Å². The summed E-state index contributed by atoms with van der Waals surface area (Å²) in [6.07, 6.45) is 0. The molecule has 0 fully saturated rings. The predicted octanol–water partition coefficient (Wildman–Crippen LogP) is 6.91. The van der Waals surface area contributed by atoms with E-state index in [0.29, 0.717) is 11.6 Å². The van der Waals surface area contributed by atoms with Gasteiger partial charge in [-0.1, -0.05) is 42.5 Å². The lowest BCUT2D eigenvalue weighted by atomic mass is 10.1. The Morgan fingerprint density at radius 2 is 1.47 bits per heavy atom. The zero-order chi connectivity index (χ0) is 22.1. The number of hydrogen-bond acceptors (Lipinski definition) is 4. The Morgan fingerprint density at radius 1 is 0.750 bits per heavy atom. The number of oxazole rings is 1. The lowest BCUT2D eigenvalue weighted by molar-refractivity contribution is 0.482. The SMILES string of the molecule is Cc1cc(C)n(-c2cccc(Oc3cccc(-c4nc(C)c(-c5ccccc5)o4)c3)c2)n1. The lowest BCUT2D eigenvalue weighted by Gasteiger charge is -2.09. The Balaban J connectivity index is 1.42. The van der Waals surface area contributed by atoms with Crippen LogP contribution in [0.1, 0.15) is 17.1 Å². The lowest BCUT2D eigenvalue weighted by Crippen LogP contribution is -1.99. The Labute approximate surface area is 186 Å². The minimum absolute atomic E-state index is 0.572. The molecule has 0 amide bonds. The molecule has 5 nitrogen and oxygen atoms in total. The van der Waals surface area contributed by atoms with Gasteiger partial charge in [0.25, 0.3) is 0 Å². The zero-order valence-corrected chi connectivity index (χ0v) is 18.2. The third kappa shape index (κ3) is 3.93. The van der Waals surface area contributed by atoms with Gasteiger partial charge in [-0.05, 0) is 57.2 Å². The van der Waals surface area contributed by atoms with Crippen molar-refractivity contribution in [3.05, 3.63) is 102 Å². The number of ether oxygens (including phenoxy) is 1. The van der Waals surface area contributed by atoms with Crippen molar-refractivity contribution in [3.8, 4) is 40.0 Å². The van der Waals surface area contributed by atoms with E-state index in [9.17, 15) is 0 Å². The second-order valence-corrected chi connectivity index (χ2v) is 7.77. The first-order chi connectivity index (χ1) is 15.6. The molecule has 0 atom stereocenters. The van der Waals surface area contributed by atoms with Gasteiger partial charge in [0.1, 0.15) is 11.5 Å². The Kier molecular flexibility index (Phi) is 5.07. The summed E-state index contributed by atoms with van der Waals surface area (Å²) in [5, 5.41) is 4.56. The number of hydrogen-bond donors (Lipinski definition) is 0. The largest absolute Gasteiger partial charge is 0.457 e. The third-order valence-corrected chi connectivity index (χ3v) is 5.22. The first-order valence-corrected chi connectivity index (χ1v) is 10.5. The van der Waals surface area contributed by atoms with Crippen LogP contribution in [-0.2, 0) is 0 Å². The van der Waals surface area contributed by atoms with Gasteiger partial charge in [0.2, 0.25) is 5.89 Å². The van der Waals surface area contributed by atoms with Crippen LogP contribution in [0.25, 0.3) is 28.5 Å². The van der Waals surface area contributed by atoms with Crippen LogP contribution in [0.15, 0.2) is 89.3 Å². The maximum Gasteiger partial charge on any atom is 0.227 e. The van der Waals surface area contributed by atoms with Gasteiger partial charge >= 0.3 is 0 Å². The Bertz CT molecular complexity index is 1380. The standard InChI is InChI=1S/C27H23N3O2/c1-18-15-19(2)30(29-18)23-12-8-14-25(17-23)31-24-13-7-11-22(16-24)27-28-20(3)26(32-27)21-9-5-4-6-10-21/h4-17H,1-3H3. The molecule has 0 spiro atoms. The van der Waals surface area contributed by atoms with E-state index in [0.717, 1.165) is 45.4 Å². The van der Waals surface area contributed by atoms with Crippen molar-refractivity contribution in [2.24, 2.45) is 0 Å². The average molecular weight is 422 g/mol. The number of nitrogens with zero attached hydrogens (tertiary/aromatic N) is 3. The van der Waals surface area contributed by atoms with Crippen LogP contribution in [0.2, 0.25) is 0 Å². The average Bonchev–Trinajstić information content (AvgIpc) is 3.36. The predicted molar refractivity (Wildman–Crippen MR) is 125 cm³/mol. The van der Waals surface area contributed by atoms with Crippen molar-refractivity contribution in [1.29, 1.82) is 0 Å². The van der Waals surface area contributed by atoms with E-state index in [-0.39, 0.29) is 0 Å². The van der Waals surface area contributed by atoms with Crippen molar-refractivity contribution >= 4 is 0 Å². The number of aryl methyl sites for hydroxylation is 3. The molecule has 158 valence electrons. The van der Waals surface area contributed by atoms with E-state index in [1.165, 1.54) is 0 Å². The maximum atomic E-state index is 6.16. The van der Waals surface area contributed by atoms with Crippen LogP contribution in [0.4, 0.5) is 0 Å². The molecule has 0 aliphatic carbocycles. The second kappa shape index (κ2) is 8.19. The van der Waals surface area contributed by atoms with Crippen LogP contribution >= 0.6 is 0 Å². The van der Waals surface area contributed by atoms with E-state index in [1.807, 2.05) is 104 Å². The fourth-order valence-corrected chi connectivity index (χ4v) is 3.77. The minimum atomic E-state index is 0.572. The van der Waals surface area contributed by atoms with E-state index < -0.39 is 0 Å². The van der Waals surface area contributed by atoms with Crippen LogP contribution in [0.3, 0.4) is 0 Å². The molecule has 0 radical (unpaired) electrons. The summed E-state index contributed by atoms with van der Waals surface area (Å²) in [6.45, 7) is 5.99. The third-order valence-electron chi connectivity index (χ3n) is 5.22. The van der Waals surface area contributed by atoms with Crippen molar-refractivity contribution in [1.82, 2.24) is 14.8 Å². The quantitative estimate of drug-likeness (QED) is 0.309. The summed E-state index contributed by atoms with van der Waals surface area (Å²) in [7, 11) is 0. The van der Waals surface area contributed by atoms with E-state index in [1.54, 1.807) is 0 Å². The number of rotatable bonds is 5. The van der Waals surface area contributed by atoms with Gasteiger partial charge in [0, 0.05) is 22.9 Å². The van der Waals surface area contributed by atoms with Crippen LogP contribution in [0.5, 0.6) is 11.5 Å². The summed E-state index contributed by atoms with van der Waals surface area (Å²) in [5.41, 5.74) is 5.75. The summed E-state index contributed by atoms with van der Waals surface area (Å²) >= 11 is 0. The molecule has 0 aliphatic heterocycles. The molecule has 2 aromatic heterocycles. The summed E-state index contributed by atoms with van der Waals surface area (Å²) in [6, 6.07) is 27.7. The monoisotopic (exact) mass is 421 g/mol. The molecular formula is C27H23N3O2.